The summed E-state index contributed by atoms with van der Waals surface area (Å²) in [4.78, 5) is 12.3. The van der Waals surface area contributed by atoms with Crippen LogP contribution in [-0.4, -0.2) is 31.4 Å². The third-order valence-corrected chi connectivity index (χ3v) is 7.12. The van der Waals surface area contributed by atoms with Gasteiger partial charge in [0.25, 0.3) is 0 Å². The third kappa shape index (κ3) is 2.99. The first-order valence-electron chi connectivity index (χ1n) is 9.59. The number of hydrogen-bond donors (Lipinski definition) is 0. The number of rotatable bonds is 4. The van der Waals surface area contributed by atoms with Gasteiger partial charge < -0.3 is 9.47 Å². The molecular formula is C22H21BrN4S. The van der Waals surface area contributed by atoms with E-state index in [-0.39, 0.29) is 12.1 Å². The molecule has 3 atom stereocenters. The van der Waals surface area contributed by atoms with Gasteiger partial charge in [-0.15, -0.1) is 0 Å². The highest BCUT2D eigenvalue weighted by atomic mass is 79.9. The molecule has 0 bridgehead atoms. The first-order chi connectivity index (χ1) is 13.8. The van der Waals surface area contributed by atoms with Crippen molar-refractivity contribution in [3.63, 3.8) is 0 Å². The average Bonchev–Trinajstić information content (AvgIpc) is 3.43. The zero-order chi connectivity index (χ0) is 19.1. The van der Waals surface area contributed by atoms with Crippen molar-refractivity contribution < 1.29 is 0 Å². The van der Waals surface area contributed by atoms with Crippen LogP contribution in [0.25, 0.3) is 5.69 Å². The van der Waals surface area contributed by atoms with Crippen molar-refractivity contribution in [3.05, 3.63) is 82.9 Å². The van der Waals surface area contributed by atoms with E-state index >= 15 is 0 Å². The normalized spacial score (nSPS) is 23.7. The Morgan fingerprint density at radius 3 is 2.86 bits per heavy atom. The van der Waals surface area contributed by atoms with Gasteiger partial charge in [-0.05, 0) is 48.9 Å². The van der Waals surface area contributed by atoms with E-state index in [4.69, 9.17) is 4.99 Å². The Bertz CT molecular complexity index is 1020. The molecule has 0 amide bonds. The summed E-state index contributed by atoms with van der Waals surface area (Å²) in [6.07, 6.45) is 5.14. The van der Waals surface area contributed by atoms with E-state index in [9.17, 15) is 0 Å². The maximum absolute atomic E-state index is 5.13. The van der Waals surface area contributed by atoms with E-state index in [1.165, 1.54) is 5.69 Å². The van der Waals surface area contributed by atoms with Crippen LogP contribution in [0.3, 0.4) is 0 Å². The smallest absolute Gasteiger partial charge is 0.160 e. The summed E-state index contributed by atoms with van der Waals surface area (Å²) in [5.41, 5.74) is 3.45. The number of amidine groups is 1. The molecule has 2 aliphatic rings. The van der Waals surface area contributed by atoms with Gasteiger partial charge in [0.15, 0.2) is 5.17 Å². The van der Waals surface area contributed by atoms with Crippen molar-refractivity contribution in [3.8, 4) is 5.69 Å². The summed E-state index contributed by atoms with van der Waals surface area (Å²) in [7, 11) is 0. The highest BCUT2D eigenvalue weighted by Gasteiger charge is 2.46. The molecule has 0 spiro atoms. The first-order valence-corrected chi connectivity index (χ1v) is 11.4. The van der Waals surface area contributed by atoms with Gasteiger partial charge in [-0.1, -0.05) is 46.7 Å². The molecule has 4 nitrogen and oxygen atoms in total. The fourth-order valence-corrected chi connectivity index (χ4v) is 5.89. The molecule has 4 heterocycles. The van der Waals surface area contributed by atoms with Gasteiger partial charge in [0.1, 0.15) is 12.1 Å². The molecule has 5 rings (SSSR count). The van der Waals surface area contributed by atoms with Gasteiger partial charge in [-0.25, -0.2) is 0 Å². The lowest BCUT2D eigenvalue weighted by molar-refractivity contribution is 0.249. The SMILES string of the molecule is CC[C@H]1CSC2=N[C@@H](c3ccccn3)[C@@H](c3cccn3-c3cccc(Br)c3)N21. The van der Waals surface area contributed by atoms with E-state index in [0.29, 0.717) is 6.04 Å². The Hall–Kier alpha value is -2.05. The molecule has 1 fully saturated rings. The van der Waals surface area contributed by atoms with Crippen molar-refractivity contribution >= 4 is 32.9 Å². The molecule has 0 saturated carbocycles. The van der Waals surface area contributed by atoms with Crippen molar-refractivity contribution in [1.82, 2.24) is 14.5 Å². The lowest BCUT2D eigenvalue weighted by Crippen LogP contribution is -2.36. The van der Waals surface area contributed by atoms with Gasteiger partial charge in [0.2, 0.25) is 0 Å². The van der Waals surface area contributed by atoms with E-state index in [2.05, 4.69) is 92.0 Å². The molecule has 2 aromatic heterocycles. The fourth-order valence-electron chi connectivity index (χ4n) is 4.17. The third-order valence-electron chi connectivity index (χ3n) is 5.50. The van der Waals surface area contributed by atoms with Crippen LogP contribution in [0.4, 0.5) is 0 Å². The molecule has 6 heteroatoms. The van der Waals surface area contributed by atoms with Crippen LogP contribution in [0.15, 0.2) is 76.5 Å². The zero-order valence-electron chi connectivity index (χ0n) is 15.6. The molecule has 0 radical (unpaired) electrons. The number of thioether (sulfide) groups is 1. The van der Waals surface area contributed by atoms with Crippen molar-refractivity contribution in [2.24, 2.45) is 4.99 Å². The number of pyridine rings is 1. The topological polar surface area (TPSA) is 33.4 Å². The number of halogens is 1. The van der Waals surface area contributed by atoms with Gasteiger partial charge in [-0.3, -0.25) is 9.98 Å². The van der Waals surface area contributed by atoms with Crippen LogP contribution < -0.4 is 0 Å². The largest absolute Gasteiger partial charge is 0.337 e. The molecule has 28 heavy (non-hydrogen) atoms. The second-order valence-electron chi connectivity index (χ2n) is 7.12. The number of aliphatic imine (C=N–C) groups is 1. The second-order valence-corrected chi connectivity index (χ2v) is 9.02. The molecule has 3 aromatic rings. The van der Waals surface area contributed by atoms with E-state index in [0.717, 1.165) is 33.2 Å². The Morgan fingerprint density at radius 2 is 2.07 bits per heavy atom. The number of benzene rings is 1. The van der Waals surface area contributed by atoms with E-state index < -0.39 is 0 Å². The first kappa shape index (κ1) is 18.0. The van der Waals surface area contributed by atoms with Gasteiger partial charge in [-0.2, -0.15) is 0 Å². The molecule has 2 aliphatic heterocycles. The quantitative estimate of drug-likeness (QED) is 0.515. The summed E-state index contributed by atoms with van der Waals surface area (Å²) < 4.78 is 3.37. The van der Waals surface area contributed by atoms with Gasteiger partial charge >= 0.3 is 0 Å². The molecule has 0 aliphatic carbocycles. The molecule has 1 saturated heterocycles. The average molecular weight is 453 g/mol. The Morgan fingerprint density at radius 1 is 1.14 bits per heavy atom. The highest BCUT2D eigenvalue weighted by Crippen LogP contribution is 2.48. The van der Waals surface area contributed by atoms with Crippen molar-refractivity contribution in [2.75, 3.05) is 5.75 Å². The molecule has 0 N–H and O–H groups in total. The fraction of sp³-hybridized carbons (Fsp3) is 0.273. The maximum Gasteiger partial charge on any atom is 0.160 e. The Balaban J connectivity index is 1.63. The minimum absolute atomic E-state index is 0.0128. The minimum atomic E-state index is 0.0128. The van der Waals surface area contributed by atoms with Crippen LogP contribution >= 0.6 is 27.7 Å². The van der Waals surface area contributed by atoms with E-state index in [1.54, 1.807) is 0 Å². The van der Waals surface area contributed by atoms with Crippen LogP contribution in [0.2, 0.25) is 0 Å². The summed E-state index contributed by atoms with van der Waals surface area (Å²) in [5.74, 6) is 1.11. The zero-order valence-corrected chi connectivity index (χ0v) is 18.0. The summed E-state index contributed by atoms with van der Waals surface area (Å²) in [5, 5.41) is 1.16. The standard InChI is InChI=1S/C22H21BrN4S/c1-2-16-14-28-22-25-20(18-9-3-4-11-24-18)21(27(16)22)19-10-6-12-26(19)17-8-5-7-15(23)13-17/h3-13,16,20-21H,2,14H2,1H3/t16-,20-,21+/m0/s1. The monoisotopic (exact) mass is 452 g/mol. The summed E-state index contributed by atoms with van der Waals surface area (Å²) >= 11 is 5.49. The summed E-state index contributed by atoms with van der Waals surface area (Å²) in [6, 6.07) is 19.6. The molecular weight excluding hydrogens is 432 g/mol. The van der Waals surface area contributed by atoms with Crippen LogP contribution in [0.1, 0.15) is 36.8 Å². The predicted molar refractivity (Wildman–Crippen MR) is 119 cm³/mol. The highest BCUT2D eigenvalue weighted by molar-refractivity contribution is 9.10. The van der Waals surface area contributed by atoms with Crippen LogP contribution in [-0.2, 0) is 0 Å². The lowest BCUT2D eigenvalue weighted by atomic mass is 9.99. The molecule has 142 valence electrons. The van der Waals surface area contributed by atoms with Gasteiger partial charge in [0, 0.05) is 40.0 Å². The Kier molecular flexibility index (Phi) is 4.77. The lowest BCUT2D eigenvalue weighted by Gasteiger charge is -2.32. The number of fused-ring (bicyclic) bond motifs is 1. The summed E-state index contributed by atoms with van der Waals surface area (Å²) in [6.45, 7) is 2.27. The number of aromatic nitrogens is 2. The molecule has 0 unspecified atom stereocenters. The number of hydrogen-bond acceptors (Lipinski definition) is 4. The van der Waals surface area contributed by atoms with E-state index in [1.807, 2.05) is 24.0 Å². The Labute approximate surface area is 177 Å². The van der Waals surface area contributed by atoms with Crippen molar-refractivity contribution in [1.29, 1.82) is 0 Å². The van der Waals surface area contributed by atoms with Crippen LogP contribution in [0.5, 0.6) is 0 Å². The minimum Gasteiger partial charge on any atom is -0.337 e. The second kappa shape index (κ2) is 7.41. The maximum atomic E-state index is 5.13. The van der Waals surface area contributed by atoms with Crippen LogP contribution in [0, 0.1) is 0 Å². The number of nitrogens with zero attached hydrogens (tertiary/aromatic N) is 4. The molecule has 1 aromatic carbocycles. The van der Waals surface area contributed by atoms with Gasteiger partial charge in [0.05, 0.1) is 5.69 Å². The van der Waals surface area contributed by atoms with Crippen molar-refractivity contribution in [2.45, 2.75) is 31.5 Å². The predicted octanol–water partition coefficient (Wildman–Crippen LogP) is 5.61.